The van der Waals surface area contributed by atoms with Gasteiger partial charge in [0.15, 0.2) is 0 Å². The van der Waals surface area contributed by atoms with Crippen molar-refractivity contribution in [2.75, 3.05) is 7.05 Å². The number of rotatable bonds is 16. The van der Waals surface area contributed by atoms with Crippen molar-refractivity contribution in [3.05, 3.63) is 48.6 Å². The Morgan fingerprint density at radius 2 is 1.65 bits per heavy atom. The number of alkyl carbamates (subject to hydrolysis) is 1. The molecule has 43 heavy (non-hydrogen) atoms. The monoisotopic (exact) mass is 607 g/mol. The molecule has 0 aliphatic carbocycles. The summed E-state index contributed by atoms with van der Waals surface area (Å²) >= 11 is 0. The minimum absolute atomic E-state index is 0.132. The lowest BCUT2D eigenvalue weighted by atomic mass is 9.81. The first-order chi connectivity index (χ1) is 20.0. The zero-order chi connectivity index (χ0) is 33.0. The summed E-state index contributed by atoms with van der Waals surface area (Å²) in [6, 6.07) is 0. The molecular weight excluding hydrogens is 550 g/mol. The van der Waals surface area contributed by atoms with E-state index in [-0.39, 0.29) is 41.9 Å². The molecule has 1 amide bonds. The predicted molar refractivity (Wildman–Crippen MR) is 169 cm³/mol. The van der Waals surface area contributed by atoms with Crippen molar-refractivity contribution in [3.8, 4) is 0 Å². The zero-order valence-electron chi connectivity index (χ0n) is 27.5. The van der Waals surface area contributed by atoms with Crippen LogP contribution in [0.5, 0.6) is 0 Å². The van der Waals surface area contributed by atoms with Crippen LogP contribution >= 0.6 is 0 Å². The predicted octanol–water partition coefficient (Wildman–Crippen LogP) is 4.56. The average Bonchev–Trinajstić information content (AvgIpc) is 2.97. The summed E-state index contributed by atoms with van der Waals surface area (Å²) < 4.78 is 11.0. The third-order valence-electron chi connectivity index (χ3n) is 8.81. The lowest BCUT2D eigenvalue weighted by Gasteiger charge is -2.36. The van der Waals surface area contributed by atoms with Crippen LogP contribution in [0.25, 0.3) is 0 Å². The first kappa shape index (κ1) is 38.6. The smallest absolute Gasteiger partial charge is 0.407 e. The Morgan fingerprint density at radius 1 is 1.02 bits per heavy atom. The second kappa shape index (κ2) is 18.4. The maximum absolute atomic E-state index is 12.0. The van der Waals surface area contributed by atoms with Crippen LogP contribution < -0.4 is 5.32 Å². The quantitative estimate of drug-likeness (QED) is 0.0976. The van der Waals surface area contributed by atoms with Crippen LogP contribution in [0.1, 0.15) is 68.2 Å². The van der Waals surface area contributed by atoms with Gasteiger partial charge in [-0.05, 0) is 26.2 Å². The molecule has 5 N–H and O–H groups in total. The highest BCUT2D eigenvalue weighted by atomic mass is 16.6. The highest BCUT2D eigenvalue weighted by molar-refractivity contribution is 5.73. The number of carbonyl (C=O) groups excluding carboxylic acids is 2. The number of amides is 1. The van der Waals surface area contributed by atoms with Gasteiger partial charge in [-0.3, -0.25) is 4.79 Å². The summed E-state index contributed by atoms with van der Waals surface area (Å²) in [5, 5.41) is 45.4. The number of carbonyl (C=O) groups is 2. The topological polar surface area (TPSA) is 146 Å². The minimum Gasteiger partial charge on any atom is -0.462 e. The number of nitrogens with one attached hydrogen (secondary N) is 1. The zero-order valence-corrected chi connectivity index (χ0v) is 27.5. The van der Waals surface area contributed by atoms with Crippen LogP contribution in [0.4, 0.5) is 4.79 Å². The number of aliphatic hydroxyl groups is 4. The third-order valence-corrected chi connectivity index (χ3v) is 8.81. The maximum Gasteiger partial charge on any atom is 0.407 e. The van der Waals surface area contributed by atoms with E-state index in [1.54, 1.807) is 38.2 Å². The van der Waals surface area contributed by atoms with Crippen molar-refractivity contribution in [3.63, 3.8) is 0 Å². The minimum atomic E-state index is -0.890. The molecule has 1 aliphatic heterocycles. The highest BCUT2D eigenvalue weighted by Gasteiger charge is 2.41. The van der Waals surface area contributed by atoms with Gasteiger partial charge in [0.1, 0.15) is 12.2 Å². The van der Waals surface area contributed by atoms with E-state index in [1.165, 1.54) is 7.05 Å². The number of allylic oxidation sites excluding steroid dienone is 3. The molecule has 0 aromatic heterocycles. The van der Waals surface area contributed by atoms with Crippen molar-refractivity contribution >= 4 is 12.1 Å². The van der Waals surface area contributed by atoms with E-state index in [0.717, 1.165) is 5.57 Å². The molecule has 1 aliphatic rings. The number of hydrogen-bond acceptors (Lipinski definition) is 8. The van der Waals surface area contributed by atoms with Crippen LogP contribution in [-0.2, 0) is 14.3 Å². The van der Waals surface area contributed by atoms with E-state index < -0.39 is 54.6 Å². The number of cyclic esters (lactones) is 1. The summed E-state index contributed by atoms with van der Waals surface area (Å²) in [6.45, 7) is 18.6. The van der Waals surface area contributed by atoms with E-state index >= 15 is 0 Å². The number of esters is 1. The molecule has 1 fully saturated rings. The van der Waals surface area contributed by atoms with Gasteiger partial charge >= 0.3 is 12.1 Å². The number of aliphatic hydroxyl groups excluding tert-OH is 4. The highest BCUT2D eigenvalue weighted by Crippen LogP contribution is 2.30. The summed E-state index contributed by atoms with van der Waals surface area (Å²) in [7, 11) is 1.50. The molecule has 0 aromatic carbocycles. The van der Waals surface area contributed by atoms with E-state index in [4.69, 9.17) is 9.47 Å². The fourth-order valence-corrected chi connectivity index (χ4v) is 5.85. The first-order valence-corrected chi connectivity index (χ1v) is 15.5. The van der Waals surface area contributed by atoms with Gasteiger partial charge < -0.3 is 35.2 Å². The van der Waals surface area contributed by atoms with E-state index in [9.17, 15) is 30.0 Å². The Hall–Kier alpha value is -2.46. The van der Waals surface area contributed by atoms with Gasteiger partial charge in [0.05, 0.1) is 30.3 Å². The standard InChI is InChI=1S/C34H57NO8/c1-11-12-13-21(4)32(43-34(41)35-10)25(8)30(38)23(6)17-19(2)16-22(5)29(37)20(3)14-15-27(36)18-28-24(7)31(39)26(9)33(40)42-28/h11-16,20-32,36-39H,1,17-18H2,2-10H3,(H,35,41)/b13-12-,15-14-,19-16-/t20?,21-,22-,23-,24-,25-,26+,27+,28?,29-,30+,31-,32-/m0/s1. The van der Waals surface area contributed by atoms with Gasteiger partial charge in [0.2, 0.25) is 0 Å². The van der Waals surface area contributed by atoms with Crippen molar-refractivity contribution in [1.29, 1.82) is 0 Å². The molecule has 0 spiro atoms. The average molecular weight is 608 g/mol. The van der Waals surface area contributed by atoms with E-state index in [1.807, 2.05) is 53.7 Å². The Labute approximate surface area is 258 Å². The second-order valence-corrected chi connectivity index (χ2v) is 12.7. The van der Waals surface area contributed by atoms with Crippen molar-refractivity contribution in [1.82, 2.24) is 5.32 Å². The molecule has 0 saturated carbocycles. The largest absolute Gasteiger partial charge is 0.462 e. The molecule has 2 unspecified atom stereocenters. The van der Waals surface area contributed by atoms with Gasteiger partial charge in [0.25, 0.3) is 0 Å². The van der Waals surface area contributed by atoms with Gasteiger partial charge in [0, 0.05) is 43.1 Å². The maximum atomic E-state index is 12.0. The fraction of sp³-hybridized carbons (Fsp3) is 0.706. The Bertz CT molecular complexity index is 977. The SMILES string of the molecule is C=C/C=C\[C@H](C)[C@H](OC(=O)NC)[C@@H](C)[C@H](O)[C@@H](C)C/C(C)=C\[C@H](C)[C@@H](O)C(C)/C=C\[C@@H](O)CC1OC(=O)[C@H](C)[C@@H](O)[C@H]1C. The Kier molecular flexibility index (Phi) is 16.5. The molecule has 9 heteroatoms. The summed E-state index contributed by atoms with van der Waals surface area (Å²) in [6.07, 6.45) is 6.64. The Morgan fingerprint density at radius 3 is 2.23 bits per heavy atom. The normalized spacial score (nSPS) is 27.8. The molecule has 1 heterocycles. The second-order valence-electron chi connectivity index (χ2n) is 12.7. The van der Waals surface area contributed by atoms with Gasteiger partial charge in [-0.15, -0.1) is 0 Å². The number of hydrogen-bond donors (Lipinski definition) is 5. The van der Waals surface area contributed by atoms with Crippen LogP contribution in [-0.4, -0.2) is 76.2 Å². The van der Waals surface area contributed by atoms with Gasteiger partial charge in [-0.2, -0.15) is 0 Å². The molecule has 246 valence electrons. The van der Waals surface area contributed by atoms with Crippen LogP contribution in [0.2, 0.25) is 0 Å². The molecule has 13 atom stereocenters. The van der Waals surface area contributed by atoms with Crippen molar-refractivity contribution < 1.29 is 39.5 Å². The molecule has 0 radical (unpaired) electrons. The van der Waals surface area contributed by atoms with Crippen LogP contribution in [0.15, 0.2) is 48.6 Å². The molecule has 1 saturated heterocycles. The Balaban J connectivity index is 2.78. The summed E-state index contributed by atoms with van der Waals surface area (Å²) in [5.41, 5.74) is 1.02. The van der Waals surface area contributed by atoms with Gasteiger partial charge in [-0.25, -0.2) is 4.79 Å². The lowest BCUT2D eigenvalue weighted by molar-refractivity contribution is -0.179. The first-order valence-electron chi connectivity index (χ1n) is 15.5. The van der Waals surface area contributed by atoms with Gasteiger partial charge in [-0.1, -0.05) is 90.2 Å². The molecule has 0 bridgehead atoms. The fourth-order valence-electron chi connectivity index (χ4n) is 5.85. The lowest BCUT2D eigenvalue weighted by Crippen LogP contribution is -2.47. The van der Waals surface area contributed by atoms with E-state index in [2.05, 4.69) is 11.9 Å². The van der Waals surface area contributed by atoms with E-state index in [0.29, 0.717) is 6.42 Å². The molecule has 0 aromatic rings. The summed E-state index contributed by atoms with van der Waals surface area (Å²) in [5.74, 6) is -2.40. The van der Waals surface area contributed by atoms with Crippen molar-refractivity contribution in [2.24, 2.45) is 41.4 Å². The molecular formula is C34H57NO8. The van der Waals surface area contributed by atoms with Crippen LogP contribution in [0, 0.1) is 41.4 Å². The summed E-state index contributed by atoms with van der Waals surface area (Å²) in [4.78, 5) is 24.0. The number of ether oxygens (including phenoxy) is 2. The molecule has 9 nitrogen and oxygen atoms in total. The van der Waals surface area contributed by atoms with Crippen LogP contribution in [0.3, 0.4) is 0 Å². The third kappa shape index (κ3) is 11.9. The molecule has 1 rings (SSSR count). The van der Waals surface area contributed by atoms with Crippen molar-refractivity contribution in [2.45, 2.75) is 105 Å².